The van der Waals surface area contributed by atoms with Crippen molar-refractivity contribution in [3.8, 4) is 0 Å². The van der Waals surface area contributed by atoms with Gasteiger partial charge in [-0.25, -0.2) is 14.3 Å². The summed E-state index contributed by atoms with van der Waals surface area (Å²) in [5.74, 6) is 0. The van der Waals surface area contributed by atoms with E-state index in [2.05, 4.69) is 20.7 Å². The molecule has 6 nitrogen and oxygen atoms in total. The molecule has 2 amide bonds. The van der Waals surface area contributed by atoms with E-state index in [1.54, 1.807) is 22.7 Å². The maximum absolute atomic E-state index is 11.9. The standard InChI is InChI=1S/C17H17Cl2N5O/c1-11-7-16-21-9-12(10-24(16)23-11)3-2-6-20-17(25)22-13-4-5-14(18)15(19)8-13/h4-5,7-10H,2-3,6H2,1H3,(H2,20,22,25). The summed E-state index contributed by atoms with van der Waals surface area (Å²) in [5.41, 5.74) is 3.43. The molecule has 0 aliphatic carbocycles. The van der Waals surface area contributed by atoms with Crippen molar-refractivity contribution in [2.45, 2.75) is 19.8 Å². The molecule has 25 heavy (non-hydrogen) atoms. The van der Waals surface area contributed by atoms with Crippen LogP contribution in [0.2, 0.25) is 10.0 Å². The number of amides is 2. The van der Waals surface area contributed by atoms with Gasteiger partial charge in [-0.15, -0.1) is 0 Å². The maximum atomic E-state index is 11.9. The predicted molar refractivity (Wildman–Crippen MR) is 99.5 cm³/mol. The predicted octanol–water partition coefficient (Wildman–Crippen LogP) is 4.10. The Labute approximate surface area is 155 Å². The van der Waals surface area contributed by atoms with Crippen LogP contribution in [0.5, 0.6) is 0 Å². The Balaban J connectivity index is 1.45. The van der Waals surface area contributed by atoms with Crippen molar-refractivity contribution in [1.82, 2.24) is 19.9 Å². The quantitative estimate of drug-likeness (QED) is 0.657. The molecule has 3 aromatic rings. The van der Waals surface area contributed by atoms with Gasteiger partial charge in [-0.1, -0.05) is 23.2 Å². The molecule has 0 fully saturated rings. The van der Waals surface area contributed by atoms with Gasteiger partial charge in [0.05, 0.1) is 15.7 Å². The van der Waals surface area contributed by atoms with Gasteiger partial charge in [0.25, 0.3) is 0 Å². The van der Waals surface area contributed by atoms with Gasteiger partial charge >= 0.3 is 6.03 Å². The monoisotopic (exact) mass is 377 g/mol. The lowest BCUT2D eigenvalue weighted by atomic mass is 10.2. The first-order valence-electron chi connectivity index (χ1n) is 7.82. The van der Waals surface area contributed by atoms with Gasteiger partial charge < -0.3 is 10.6 Å². The van der Waals surface area contributed by atoms with Crippen molar-refractivity contribution in [3.05, 3.63) is 58.0 Å². The molecule has 0 saturated carbocycles. The van der Waals surface area contributed by atoms with Gasteiger partial charge in [0.15, 0.2) is 5.65 Å². The van der Waals surface area contributed by atoms with Crippen LogP contribution >= 0.6 is 23.2 Å². The molecule has 0 saturated heterocycles. The number of aryl methyl sites for hydroxylation is 2. The van der Waals surface area contributed by atoms with Crippen molar-refractivity contribution in [3.63, 3.8) is 0 Å². The fourth-order valence-corrected chi connectivity index (χ4v) is 2.70. The Kier molecular flexibility index (Phi) is 5.40. The van der Waals surface area contributed by atoms with E-state index >= 15 is 0 Å². The highest BCUT2D eigenvalue weighted by molar-refractivity contribution is 6.42. The Bertz CT molecular complexity index is 909. The molecule has 2 aromatic heterocycles. The average Bonchev–Trinajstić information content (AvgIpc) is 2.94. The lowest BCUT2D eigenvalue weighted by Gasteiger charge is -2.08. The van der Waals surface area contributed by atoms with Crippen LogP contribution < -0.4 is 10.6 Å². The second-order valence-corrected chi connectivity index (χ2v) is 6.48. The summed E-state index contributed by atoms with van der Waals surface area (Å²) >= 11 is 11.8. The SMILES string of the molecule is Cc1cc2ncc(CCCNC(=O)Nc3ccc(Cl)c(Cl)c3)cn2n1. The fourth-order valence-electron chi connectivity index (χ4n) is 2.41. The van der Waals surface area contributed by atoms with Gasteiger partial charge in [0, 0.05) is 30.7 Å². The Morgan fingerprint density at radius 2 is 2.08 bits per heavy atom. The van der Waals surface area contributed by atoms with Crippen LogP contribution in [0.25, 0.3) is 5.65 Å². The highest BCUT2D eigenvalue weighted by atomic mass is 35.5. The molecule has 1 aromatic carbocycles. The zero-order valence-electron chi connectivity index (χ0n) is 13.6. The number of hydrogen-bond acceptors (Lipinski definition) is 3. The number of hydrogen-bond donors (Lipinski definition) is 2. The molecule has 0 bridgehead atoms. The minimum absolute atomic E-state index is 0.283. The van der Waals surface area contributed by atoms with Crippen LogP contribution in [0, 0.1) is 6.92 Å². The number of nitrogens with one attached hydrogen (secondary N) is 2. The summed E-state index contributed by atoms with van der Waals surface area (Å²) in [4.78, 5) is 16.2. The van der Waals surface area contributed by atoms with Crippen molar-refractivity contribution in [2.75, 3.05) is 11.9 Å². The number of nitrogens with zero attached hydrogens (tertiary/aromatic N) is 3. The van der Waals surface area contributed by atoms with Crippen LogP contribution in [0.3, 0.4) is 0 Å². The van der Waals surface area contributed by atoms with Gasteiger partial charge in [0.1, 0.15) is 0 Å². The number of carbonyl (C=O) groups excluding carboxylic acids is 1. The maximum Gasteiger partial charge on any atom is 0.319 e. The number of benzene rings is 1. The number of aromatic nitrogens is 3. The highest BCUT2D eigenvalue weighted by Gasteiger charge is 2.05. The number of anilines is 1. The van der Waals surface area contributed by atoms with E-state index < -0.39 is 0 Å². The summed E-state index contributed by atoms with van der Waals surface area (Å²) in [6, 6.07) is 6.59. The van der Waals surface area contributed by atoms with Crippen LogP contribution in [0.15, 0.2) is 36.7 Å². The van der Waals surface area contributed by atoms with E-state index in [9.17, 15) is 4.79 Å². The molecule has 8 heteroatoms. The minimum atomic E-state index is -0.283. The van der Waals surface area contributed by atoms with Crippen LogP contribution in [-0.4, -0.2) is 27.2 Å². The third kappa shape index (κ3) is 4.61. The summed E-state index contributed by atoms with van der Waals surface area (Å²) in [7, 11) is 0. The topological polar surface area (TPSA) is 71.3 Å². The second kappa shape index (κ2) is 7.72. The Morgan fingerprint density at radius 3 is 2.88 bits per heavy atom. The molecule has 0 spiro atoms. The third-order valence-corrected chi connectivity index (χ3v) is 4.33. The first-order valence-corrected chi connectivity index (χ1v) is 8.58. The molecule has 3 rings (SSSR count). The molecule has 0 atom stereocenters. The third-order valence-electron chi connectivity index (χ3n) is 3.59. The van der Waals surface area contributed by atoms with Gasteiger partial charge in [-0.3, -0.25) is 0 Å². The Hall–Kier alpha value is -2.31. The summed E-state index contributed by atoms with van der Waals surface area (Å²) in [5, 5.41) is 10.7. The summed E-state index contributed by atoms with van der Waals surface area (Å²) in [6.07, 6.45) is 5.40. The van der Waals surface area contributed by atoms with Gasteiger partial charge in [-0.2, -0.15) is 5.10 Å². The van der Waals surface area contributed by atoms with Crippen molar-refractivity contribution < 1.29 is 4.79 Å². The zero-order chi connectivity index (χ0) is 17.8. The van der Waals surface area contributed by atoms with Gasteiger partial charge in [0.2, 0.25) is 0 Å². The summed E-state index contributed by atoms with van der Waals surface area (Å²) < 4.78 is 1.77. The Morgan fingerprint density at radius 1 is 1.24 bits per heavy atom. The fraction of sp³-hybridized carbons (Fsp3) is 0.235. The van der Waals surface area contributed by atoms with Gasteiger partial charge in [-0.05, 0) is 43.5 Å². The number of rotatable bonds is 5. The van der Waals surface area contributed by atoms with Crippen LogP contribution in [-0.2, 0) is 6.42 Å². The van der Waals surface area contributed by atoms with Crippen molar-refractivity contribution in [1.29, 1.82) is 0 Å². The lowest BCUT2D eigenvalue weighted by molar-refractivity contribution is 0.252. The molecule has 130 valence electrons. The van der Waals surface area contributed by atoms with E-state index in [0.29, 0.717) is 22.3 Å². The molecular formula is C17H17Cl2N5O. The van der Waals surface area contributed by atoms with E-state index in [4.69, 9.17) is 23.2 Å². The van der Waals surface area contributed by atoms with E-state index in [1.807, 2.05) is 25.4 Å². The number of carbonyl (C=O) groups is 1. The van der Waals surface area contributed by atoms with Crippen molar-refractivity contribution in [2.24, 2.45) is 0 Å². The molecule has 2 heterocycles. The molecular weight excluding hydrogens is 361 g/mol. The van der Waals surface area contributed by atoms with E-state index in [-0.39, 0.29) is 6.03 Å². The summed E-state index contributed by atoms with van der Waals surface area (Å²) in [6.45, 7) is 2.48. The molecule has 2 N–H and O–H groups in total. The van der Waals surface area contributed by atoms with Crippen LogP contribution in [0.4, 0.5) is 10.5 Å². The lowest BCUT2D eigenvalue weighted by Crippen LogP contribution is -2.29. The molecule has 0 radical (unpaired) electrons. The zero-order valence-corrected chi connectivity index (χ0v) is 15.1. The largest absolute Gasteiger partial charge is 0.338 e. The van der Waals surface area contributed by atoms with E-state index in [1.165, 1.54) is 0 Å². The number of halogens is 2. The average molecular weight is 378 g/mol. The first kappa shape index (κ1) is 17.5. The first-order chi connectivity index (χ1) is 12.0. The van der Waals surface area contributed by atoms with Crippen LogP contribution in [0.1, 0.15) is 17.7 Å². The smallest absolute Gasteiger partial charge is 0.319 e. The molecule has 0 aliphatic rings. The second-order valence-electron chi connectivity index (χ2n) is 5.66. The number of fused-ring (bicyclic) bond motifs is 1. The normalized spacial score (nSPS) is 10.8. The molecule has 0 aliphatic heterocycles. The molecule has 0 unspecified atom stereocenters. The minimum Gasteiger partial charge on any atom is -0.338 e. The van der Waals surface area contributed by atoms with E-state index in [0.717, 1.165) is 29.7 Å². The van der Waals surface area contributed by atoms with Crippen molar-refractivity contribution >= 4 is 40.6 Å². The number of urea groups is 1. The highest BCUT2D eigenvalue weighted by Crippen LogP contribution is 2.24.